The molecule has 0 bridgehead atoms. The number of hydrogen-bond acceptors (Lipinski definition) is 3. The SMILES string of the molecule is COc1cccc(-n2ncc(C#N)c2C)c1. The van der Waals surface area contributed by atoms with E-state index in [1.807, 2.05) is 31.2 Å². The van der Waals surface area contributed by atoms with Crippen LogP contribution in [-0.2, 0) is 0 Å². The predicted octanol–water partition coefficient (Wildman–Crippen LogP) is 2.06. The summed E-state index contributed by atoms with van der Waals surface area (Å²) in [7, 11) is 1.62. The zero-order valence-electron chi connectivity index (χ0n) is 9.14. The number of aromatic nitrogens is 2. The maximum absolute atomic E-state index is 8.85. The maximum Gasteiger partial charge on any atom is 0.121 e. The molecule has 0 atom stereocenters. The first-order valence-electron chi connectivity index (χ1n) is 4.85. The van der Waals surface area contributed by atoms with Crippen molar-refractivity contribution < 1.29 is 4.74 Å². The van der Waals surface area contributed by atoms with Gasteiger partial charge in [-0.2, -0.15) is 10.4 Å². The largest absolute Gasteiger partial charge is 0.497 e. The normalized spacial score (nSPS) is 9.81. The van der Waals surface area contributed by atoms with E-state index >= 15 is 0 Å². The van der Waals surface area contributed by atoms with Crippen molar-refractivity contribution in [3.05, 3.63) is 41.7 Å². The molecule has 16 heavy (non-hydrogen) atoms. The number of methoxy groups -OCH3 is 1. The zero-order valence-corrected chi connectivity index (χ0v) is 9.14. The Hall–Kier alpha value is -2.28. The van der Waals surface area contributed by atoms with Crippen LogP contribution in [0.3, 0.4) is 0 Å². The summed E-state index contributed by atoms with van der Waals surface area (Å²) >= 11 is 0. The quantitative estimate of drug-likeness (QED) is 0.767. The lowest BCUT2D eigenvalue weighted by molar-refractivity contribution is 0.414. The number of rotatable bonds is 2. The van der Waals surface area contributed by atoms with Crippen LogP contribution < -0.4 is 4.74 Å². The molecule has 0 radical (unpaired) electrons. The number of ether oxygens (including phenoxy) is 1. The molecule has 1 heterocycles. The van der Waals surface area contributed by atoms with Crippen LogP contribution in [0.4, 0.5) is 0 Å². The molecule has 0 N–H and O–H groups in total. The second kappa shape index (κ2) is 4.07. The molecule has 1 aromatic heterocycles. The van der Waals surface area contributed by atoms with Crippen LogP contribution in [0.1, 0.15) is 11.3 Å². The summed E-state index contributed by atoms with van der Waals surface area (Å²) in [4.78, 5) is 0. The second-order valence-electron chi connectivity index (χ2n) is 3.37. The fraction of sp³-hybridized carbons (Fsp3) is 0.167. The summed E-state index contributed by atoms with van der Waals surface area (Å²) < 4.78 is 6.87. The smallest absolute Gasteiger partial charge is 0.121 e. The molecule has 0 fully saturated rings. The van der Waals surface area contributed by atoms with Gasteiger partial charge >= 0.3 is 0 Å². The Balaban J connectivity index is 2.51. The summed E-state index contributed by atoms with van der Waals surface area (Å²) in [6.07, 6.45) is 1.56. The molecule has 80 valence electrons. The van der Waals surface area contributed by atoms with Gasteiger partial charge in [-0.15, -0.1) is 0 Å². The standard InChI is InChI=1S/C12H11N3O/c1-9-10(7-13)8-14-15(9)11-4-3-5-12(6-11)16-2/h3-6,8H,1-2H3. The van der Waals surface area contributed by atoms with E-state index in [0.29, 0.717) is 5.56 Å². The van der Waals surface area contributed by atoms with Crippen molar-refractivity contribution in [1.29, 1.82) is 5.26 Å². The highest BCUT2D eigenvalue weighted by Gasteiger charge is 2.07. The fourth-order valence-electron chi connectivity index (χ4n) is 1.52. The van der Waals surface area contributed by atoms with E-state index in [2.05, 4.69) is 11.2 Å². The van der Waals surface area contributed by atoms with E-state index < -0.39 is 0 Å². The third kappa shape index (κ3) is 1.63. The predicted molar refractivity (Wildman–Crippen MR) is 59.6 cm³/mol. The van der Waals surface area contributed by atoms with Gasteiger partial charge in [0, 0.05) is 6.07 Å². The highest BCUT2D eigenvalue weighted by molar-refractivity contribution is 5.42. The maximum atomic E-state index is 8.85. The molecule has 4 heteroatoms. The van der Waals surface area contributed by atoms with Gasteiger partial charge < -0.3 is 4.74 Å². The Morgan fingerprint density at radius 2 is 2.25 bits per heavy atom. The molecule has 0 aliphatic carbocycles. The average molecular weight is 213 g/mol. The summed E-state index contributed by atoms with van der Waals surface area (Å²) in [5.74, 6) is 0.769. The molecule has 2 rings (SSSR count). The van der Waals surface area contributed by atoms with Gasteiger partial charge in [0.05, 0.1) is 30.3 Å². The molecule has 0 aliphatic heterocycles. The van der Waals surface area contributed by atoms with Crippen molar-refractivity contribution in [2.24, 2.45) is 0 Å². The van der Waals surface area contributed by atoms with E-state index in [9.17, 15) is 0 Å². The lowest BCUT2D eigenvalue weighted by Gasteiger charge is -2.06. The van der Waals surface area contributed by atoms with Crippen LogP contribution in [0.25, 0.3) is 5.69 Å². The summed E-state index contributed by atoms with van der Waals surface area (Å²) in [5, 5.41) is 13.0. The molecule has 0 unspecified atom stereocenters. The van der Waals surface area contributed by atoms with Gasteiger partial charge in [0.1, 0.15) is 11.8 Å². The number of nitriles is 1. The Bertz CT molecular complexity index is 552. The molecule has 0 spiro atoms. The summed E-state index contributed by atoms with van der Waals surface area (Å²) in [5.41, 5.74) is 2.30. The molecule has 0 aliphatic rings. The summed E-state index contributed by atoms with van der Waals surface area (Å²) in [6.45, 7) is 1.87. The molecular formula is C12H11N3O. The fourth-order valence-corrected chi connectivity index (χ4v) is 1.52. The van der Waals surface area contributed by atoms with Crippen molar-refractivity contribution in [3.8, 4) is 17.5 Å². The van der Waals surface area contributed by atoms with Crippen LogP contribution in [0.5, 0.6) is 5.75 Å². The van der Waals surface area contributed by atoms with Crippen molar-refractivity contribution in [2.45, 2.75) is 6.92 Å². The third-order valence-corrected chi connectivity index (χ3v) is 2.43. The van der Waals surface area contributed by atoms with E-state index in [1.165, 1.54) is 0 Å². The van der Waals surface area contributed by atoms with E-state index in [1.54, 1.807) is 18.0 Å². The zero-order chi connectivity index (χ0) is 11.5. The topological polar surface area (TPSA) is 50.8 Å². The van der Waals surface area contributed by atoms with E-state index in [-0.39, 0.29) is 0 Å². The van der Waals surface area contributed by atoms with E-state index in [4.69, 9.17) is 10.00 Å². The first-order valence-corrected chi connectivity index (χ1v) is 4.85. The molecule has 4 nitrogen and oxygen atoms in total. The van der Waals surface area contributed by atoms with Gasteiger partial charge in [-0.25, -0.2) is 4.68 Å². The highest BCUT2D eigenvalue weighted by Crippen LogP contribution is 2.18. The Kier molecular flexibility index (Phi) is 2.61. The first-order chi connectivity index (χ1) is 7.76. The Morgan fingerprint density at radius 1 is 1.44 bits per heavy atom. The van der Waals surface area contributed by atoms with E-state index in [0.717, 1.165) is 17.1 Å². The van der Waals surface area contributed by atoms with Gasteiger partial charge in [0.2, 0.25) is 0 Å². The number of hydrogen-bond donors (Lipinski definition) is 0. The molecule has 1 aromatic carbocycles. The van der Waals surface area contributed by atoms with Crippen LogP contribution in [0, 0.1) is 18.3 Å². The molecular weight excluding hydrogens is 202 g/mol. The molecule has 0 saturated heterocycles. The van der Waals surface area contributed by atoms with Crippen LogP contribution in [0.2, 0.25) is 0 Å². The number of nitrogens with zero attached hydrogens (tertiary/aromatic N) is 3. The van der Waals surface area contributed by atoms with Crippen molar-refractivity contribution >= 4 is 0 Å². The third-order valence-electron chi connectivity index (χ3n) is 2.43. The first kappa shape index (κ1) is 10.2. The molecule has 2 aromatic rings. The van der Waals surface area contributed by atoms with Crippen molar-refractivity contribution in [1.82, 2.24) is 9.78 Å². The van der Waals surface area contributed by atoms with Gasteiger partial charge in [0.25, 0.3) is 0 Å². The lowest BCUT2D eigenvalue weighted by atomic mass is 10.2. The Morgan fingerprint density at radius 3 is 2.88 bits per heavy atom. The Labute approximate surface area is 93.7 Å². The highest BCUT2D eigenvalue weighted by atomic mass is 16.5. The molecule has 0 saturated carbocycles. The van der Waals surface area contributed by atoms with Crippen LogP contribution in [0.15, 0.2) is 30.5 Å². The van der Waals surface area contributed by atoms with Gasteiger partial charge in [-0.1, -0.05) is 6.07 Å². The average Bonchev–Trinajstić information content (AvgIpc) is 2.70. The minimum atomic E-state index is 0.586. The second-order valence-corrected chi connectivity index (χ2v) is 3.37. The van der Waals surface area contributed by atoms with Crippen LogP contribution in [-0.4, -0.2) is 16.9 Å². The number of benzene rings is 1. The minimum absolute atomic E-state index is 0.586. The lowest BCUT2D eigenvalue weighted by Crippen LogP contribution is -1.99. The van der Waals surface area contributed by atoms with Gasteiger partial charge in [-0.05, 0) is 19.1 Å². The summed E-state index contributed by atoms with van der Waals surface area (Å²) in [6, 6.07) is 9.65. The monoisotopic (exact) mass is 213 g/mol. The van der Waals surface area contributed by atoms with Crippen molar-refractivity contribution in [3.63, 3.8) is 0 Å². The van der Waals surface area contributed by atoms with Crippen molar-refractivity contribution in [2.75, 3.05) is 7.11 Å². The van der Waals surface area contributed by atoms with Gasteiger partial charge in [0.15, 0.2) is 0 Å². The minimum Gasteiger partial charge on any atom is -0.497 e. The van der Waals surface area contributed by atoms with Gasteiger partial charge in [-0.3, -0.25) is 0 Å². The molecule has 0 amide bonds. The van der Waals surface area contributed by atoms with Crippen LogP contribution >= 0.6 is 0 Å².